The third-order valence-corrected chi connectivity index (χ3v) is 2.68. The van der Waals surface area contributed by atoms with E-state index < -0.39 is 0 Å². The average molecular weight is 219 g/mol. The first-order valence-electron chi connectivity index (χ1n) is 5.26. The van der Waals surface area contributed by atoms with Crippen molar-refractivity contribution in [1.82, 2.24) is 5.32 Å². The van der Waals surface area contributed by atoms with Crippen molar-refractivity contribution < 1.29 is 4.39 Å². The molecule has 1 aromatic rings. The van der Waals surface area contributed by atoms with Gasteiger partial charge in [-0.1, -0.05) is 0 Å². The first-order chi connectivity index (χ1) is 7.70. The Hall–Kier alpha value is -1.55. The minimum Gasteiger partial charge on any atom is -0.312 e. The maximum Gasteiger partial charge on any atom is 0.154 e. The van der Waals surface area contributed by atoms with Gasteiger partial charge in [-0.2, -0.15) is 0 Å². The fourth-order valence-electron chi connectivity index (χ4n) is 1.52. The molecule has 1 unspecified atom stereocenters. The van der Waals surface area contributed by atoms with Gasteiger partial charge in [-0.3, -0.25) is 4.99 Å². The molecule has 1 atom stereocenters. The van der Waals surface area contributed by atoms with Gasteiger partial charge < -0.3 is 5.32 Å². The number of amidine groups is 1. The molecule has 4 heteroatoms. The molecule has 84 valence electrons. The van der Waals surface area contributed by atoms with E-state index in [9.17, 15) is 4.39 Å². The molecule has 0 saturated heterocycles. The SMILES string of the molecule is CNC(C)C1=NC(c2ccc(F)cc2)=NC1. The summed E-state index contributed by atoms with van der Waals surface area (Å²) in [6.45, 7) is 2.66. The maximum absolute atomic E-state index is 12.7. The number of halogens is 1. The lowest BCUT2D eigenvalue weighted by atomic mass is 10.2. The van der Waals surface area contributed by atoms with Crippen molar-refractivity contribution >= 4 is 11.5 Å². The highest BCUT2D eigenvalue weighted by Crippen LogP contribution is 2.10. The fourth-order valence-corrected chi connectivity index (χ4v) is 1.52. The Morgan fingerprint density at radius 1 is 1.31 bits per heavy atom. The number of hydrogen-bond acceptors (Lipinski definition) is 3. The van der Waals surface area contributed by atoms with E-state index in [4.69, 9.17) is 0 Å². The van der Waals surface area contributed by atoms with Crippen molar-refractivity contribution in [2.45, 2.75) is 13.0 Å². The molecule has 16 heavy (non-hydrogen) atoms. The Balaban J connectivity index is 2.18. The maximum atomic E-state index is 12.7. The number of nitrogens with one attached hydrogen (secondary N) is 1. The topological polar surface area (TPSA) is 36.8 Å². The van der Waals surface area contributed by atoms with Crippen molar-refractivity contribution in [3.63, 3.8) is 0 Å². The number of hydrogen-bond donors (Lipinski definition) is 1. The summed E-state index contributed by atoms with van der Waals surface area (Å²) in [4.78, 5) is 8.78. The fraction of sp³-hybridized carbons (Fsp3) is 0.333. The van der Waals surface area contributed by atoms with Crippen LogP contribution in [0.15, 0.2) is 34.3 Å². The predicted octanol–water partition coefficient (Wildman–Crippen LogP) is 1.63. The van der Waals surface area contributed by atoms with Gasteiger partial charge in [0.15, 0.2) is 5.84 Å². The molecule has 0 bridgehead atoms. The van der Waals surface area contributed by atoms with Crippen molar-refractivity contribution in [2.75, 3.05) is 13.6 Å². The minimum atomic E-state index is -0.241. The van der Waals surface area contributed by atoms with Crippen LogP contribution >= 0.6 is 0 Å². The molecule has 0 radical (unpaired) electrons. The molecular weight excluding hydrogens is 205 g/mol. The molecule has 3 nitrogen and oxygen atoms in total. The summed E-state index contributed by atoms with van der Waals surface area (Å²) in [5.41, 5.74) is 1.88. The third-order valence-electron chi connectivity index (χ3n) is 2.68. The number of nitrogens with zero attached hydrogens (tertiary/aromatic N) is 2. The van der Waals surface area contributed by atoms with Crippen LogP contribution < -0.4 is 5.32 Å². The normalized spacial score (nSPS) is 16.9. The molecule has 2 rings (SSSR count). The Labute approximate surface area is 94.1 Å². The van der Waals surface area contributed by atoms with E-state index in [0.717, 1.165) is 11.3 Å². The van der Waals surface area contributed by atoms with Crippen molar-refractivity contribution in [2.24, 2.45) is 9.98 Å². The molecular formula is C12H14FN3. The van der Waals surface area contributed by atoms with E-state index in [1.165, 1.54) is 12.1 Å². The first kappa shape index (κ1) is 11.0. The highest BCUT2D eigenvalue weighted by atomic mass is 19.1. The lowest BCUT2D eigenvalue weighted by Gasteiger charge is -2.07. The Morgan fingerprint density at radius 3 is 2.62 bits per heavy atom. The zero-order valence-corrected chi connectivity index (χ0v) is 9.37. The zero-order chi connectivity index (χ0) is 11.5. The quantitative estimate of drug-likeness (QED) is 0.824. The summed E-state index contributed by atoms with van der Waals surface area (Å²) in [5.74, 6) is 0.451. The summed E-state index contributed by atoms with van der Waals surface area (Å²) in [5, 5.41) is 3.12. The van der Waals surface area contributed by atoms with Gasteiger partial charge in [0.05, 0.1) is 12.3 Å². The highest BCUT2D eigenvalue weighted by Gasteiger charge is 2.16. The molecule has 1 N–H and O–H groups in total. The van der Waals surface area contributed by atoms with E-state index >= 15 is 0 Å². The van der Waals surface area contributed by atoms with E-state index in [0.29, 0.717) is 12.4 Å². The zero-order valence-electron chi connectivity index (χ0n) is 9.37. The summed E-state index contributed by atoms with van der Waals surface area (Å²) >= 11 is 0. The van der Waals surface area contributed by atoms with Gasteiger partial charge in [-0.25, -0.2) is 9.38 Å². The van der Waals surface area contributed by atoms with Gasteiger partial charge in [0.25, 0.3) is 0 Å². The molecule has 0 amide bonds. The molecule has 1 aliphatic heterocycles. The molecule has 0 aliphatic carbocycles. The van der Waals surface area contributed by atoms with E-state index in [1.807, 2.05) is 14.0 Å². The Kier molecular flexibility index (Phi) is 3.10. The van der Waals surface area contributed by atoms with Crippen LogP contribution in [0.4, 0.5) is 4.39 Å². The summed E-state index contributed by atoms with van der Waals surface area (Å²) < 4.78 is 12.7. The second-order valence-corrected chi connectivity index (χ2v) is 3.76. The minimum absolute atomic E-state index is 0.224. The lowest BCUT2D eigenvalue weighted by molar-refractivity contribution is 0.628. The van der Waals surface area contributed by atoms with Gasteiger partial charge >= 0.3 is 0 Å². The summed E-state index contributed by atoms with van der Waals surface area (Å²) in [6.07, 6.45) is 0. The highest BCUT2D eigenvalue weighted by molar-refractivity contribution is 6.12. The molecule has 1 aromatic carbocycles. The van der Waals surface area contributed by atoms with Gasteiger partial charge in [0, 0.05) is 11.6 Å². The Bertz CT molecular complexity index is 434. The second-order valence-electron chi connectivity index (χ2n) is 3.76. The van der Waals surface area contributed by atoms with Gasteiger partial charge in [-0.05, 0) is 38.2 Å². The lowest BCUT2D eigenvalue weighted by Crippen LogP contribution is -2.31. The van der Waals surface area contributed by atoms with Crippen LogP contribution in [0.25, 0.3) is 0 Å². The number of benzene rings is 1. The van der Waals surface area contributed by atoms with Gasteiger partial charge in [-0.15, -0.1) is 0 Å². The van der Waals surface area contributed by atoms with Crippen molar-refractivity contribution in [1.29, 1.82) is 0 Å². The molecule has 0 spiro atoms. The largest absolute Gasteiger partial charge is 0.312 e. The standard InChI is InChI=1S/C12H14FN3/c1-8(14-2)11-7-15-12(16-11)9-3-5-10(13)6-4-9/h3-6,8,14H,7H2,1-2H3. The number of rotatable bonds is 3. The van der Waals surface area contributed by atoms with Crippen LogP contribution in [-0.2, 0) is 0 Å². The second kappa shape index (κ2) is 4.53. The van der Waals surface area contributed by atoms with E-state index in [1.54, 1.807) is 12.1 Å². The monoisotopic (exact) mass is 219 g/mol. The first-order valence-corrected chi connectivity index (χ1v) is 5.26. The van der Waals surface area contributed by atoms with Gasteiger partial charge in [0.2, 0.25) is 0 Å². The molecule has 1 heterocycles. The third kappa shape index (κ3) is 2.17. The van der Waals surface area contributed by atoms with Crippen LogP contribution in [0.3, 0.4) is 0 Å². The predicted molar refractivity (Wildman–Crippen MR) is 63.8 cm³/mol. The van der Waals surface area contributed by atoms with Crippen molar-refractivity contribution in [3.05, 3.63) is 35.6 Å². The van der Waals surface area contributed by atoms with Crippen LogP contribution in [0.5, 0.6) is 0 Å². The van der Waals surface area contributed by atoms with Crippen LogP contribution in [0.1, 0.15) is 12.5 Å². The smallest absolute Gasteiger partial charge is 0.154 e. The van der Waals surface area contributed by atoms with Gasteiger partial charge in [0.1, 0.15) is 5.82 Å². The van der Waals surface area contributed by atoms with E-state index in [2.05, 4.69) is 15.3 Å². The molecule has 0 fully saturated rings. The van der Waals surface area contributed by atoms with E-state index in [-0.39, 0.29) is 11.9 Å². The molecule has 1 aliphatic rings. The number of aliphatic imine (C=N–C) groups is 2. The van der Waals surface area contributed by atoms with Crippen molar-refractivity contribution in [3.8, 4) is 0 Å². The van der Waals surface area contributed by atoms with Crippen LogP contribution in [0, 0.1) is 5.82 Å². The molecule has 0 aromatic heterocycles. The summed E-state index contributed by atoms with van der Waals surface area (Å²) in [6, 6.07) is 6.47. The van der Waals surface area contributed by atoms with Crippen LogP contribution in [-0.4, -0.2) is 31.2 Å². The average Bonchev–Trinajstić information content (AvgIpc) is 2.78. The summed E-state index contributed by atoms with van der Waals surface area (Å²) in [7, 11) is 1.89. The Morgan fingerprint density at radius 2 is 2.00 bits per heavy atom. The van der Waals surface area contributed by atoms with Crippen LogP contribution in [0.2, 0.25) is 0 Å². The molecule has 0 saturated carbocycles.